The number of halogens is 3. The Balaban J connectivity index is 2.07. The molecular formula is C14H20F3NOS. The molecular weight excluding hydrogens is 287 g/mol. The normalized spacial score (nSPS) is 25.7. The van der Waals surface area contributed by atoms with Gasteiger partial charge >= 0.3 is 6.18 Å². The van der Waals surface area contributed by atoms with Gasteiger partial charge in [0.05, 0.1) is 22.7 Å². The van der Waals surface area contributed by atoms with Gasteiger partial charge in [-0.1, -0.05) is 12.8 Å². The van der Waals surface area contributed by atoms with Crippen LogP contribution < -0.4 is 0 Å². The van der Waals surface area contributed by atoms with Gasteiger partial charge in [0.25, 0.3) is 0 Å². The monoisotopic (exact) mass is 307 g/mol. The highest BCUT2D eigenvalue weighted by atomic mass is 32.1. The summed E-state index contributed by atoms with van der Waals surface area (Å²) in [7, 11) is 0. The van der Waals surface area contributed by atoms with E-state index in [0.29, 0.717) is 12.8 Å². The smallest absolute Gasteiger partial charge is 0.392 e. The molecule has 1 heterocycles. The highest BCUT2D eigenvalue weighted by Crippen LogP contribution is 2.43. The van der Waals surface area contributed by atoms with E-state index in [1.54, 1.807) is 0 Å². The molecule has 6 heteroatoms. The maximum Gasteiger partial charge on any atom is 0.392 e. The quantitative estimate of drug-likeness (QED) is 0.914. The van der Waals surface area contributed by atoms with E-state index in [4.69, 9.17) is 0 Å². The van der Waals surface area contributed by atoms with Gasteiger partial charge in [-0.25, -0.2) is 4.98 Å². The van der Waals surface area contributed by atoms with Gasteiger partial charge in [0.15, 0.2) is 0 Å². The predicted molar refractivity (Wildman–Crippen MR) is 72.8 cm³/mol. The number of aliphatic hydroxyl groups excluding tert-OH is 1. The molecule has 1 aromatic heterocycles. The summed E-state index contributed by atoms with van der Waals surface area (Å²) >= 11 is 1.46. The van der Waals surface area contributed by atoms with Crippen molar-refractivity contribution in [3.63, 3.8) is 0 Å². The molecule has 0 spiro atoms. The van der Waals surface area contributed by atoms with Crippen molar-refractivity contribution in [3.05, 3.63) is 15.6 Å². The average Bonchev–Trinajstić information content (AvgIpc) is 2.67. The molecule has 1 aromatic rings. The SMILES string of the molecule is Cc1nc(CC(O)C2CCCCC2C(F)(F)F)sc1C. The first kappa shape index (κ1) is 15.8. The minimum Gasteiger partial charge on any atom is -0.392 e. The molecule has 114 valence electrons. The van der Waals surface area contributed by atoms with E-state index in [9.17, 15) is 18.3 Å². The zero-order valence-electron chi connectivity index (χ0n) is 11.7. The van der Waals surface area contributed by atoms with Gasteiger partial charge in [-0.3, -0.25) is 0 Å². The summed E-state index contributed by atoms with van der Waals surface area (Å²) in [5, 5.41) is 11.0. The number of hydrogen-bond acceptors (Lipinski definition) is 3. The standard InChI is InChI=1S/C14H20F3NOS/c1-8-9(2)20-13(18-8)7-12(19)10-5-3-4-6-11(10)14(15,16)17/h10-12,19H,3-7H2,1-2H3. The van der Waals surface area contributed by atoms with Crippen LogP contribution in [0.25, 0.3) is 0 Å². The number of rotatable bonds is 3. The second-order valence-electron chi connectivity index (χ2n) is 5.62. The Morgan fingerprint density at radius 2 is 1.95 bits per heavy atom. The highest BCUT2D eigenvalue weighted by molar-refractivity contribution is 7.11. The van der Waals surface area contributed by atoms with Crippen molar-refractivity contribution in [2.75, 3.05) is 0 Å². The van der Waals surface area contributed by atoms with Crippen LogP contribution in [0.15, 0.2) is 0 Å². The zero-order valence-corrected chi connectivity index (χ0v) is 12.5. The van der Waals surface area contributed by atoms with E-state index in [1.807, 2.05) is 13.8 Å². The molecule has 0 amide bonds. The molecule has 0 radical (unpaired) electrons. The van der Waals surface area contributed by atoms with Gasteiger partial charge in [0, 0.05) is 11.3 Å². The summed E-state index contributed by atoms with van der Waals surface area (Å²) in [5.74, 6) is -2.05. The molecule has 0 aliphatic heterocycles. The number of aliphatic hydroxyl groups is 1. The van der Waals surface area contributed by atoms with Crippen LogP contribution in [0.1, 0.15) is 41.3 Å². The fourth-order valence-electron chi connectivity index (χ4n) is 2.98. The number of alkyl halides is 3. The summed E-state index contributed by atoms with van der Waals surface area (Å²) in [6.45, 7) is 3.81. The lowest BCUT2D eigenvalue weighted by Crippen LogP contribution is -2.40. The van der Waals surface area contributed by atoms with Crippen molar-refractivity contribution in [2.24, 2.45) is 11.8 Å². The molecule has 1 saturated carbocycles. The van der Waals surface area contributed by atoms with Crippen LogP contribution in [-0.4, -0.2) is 22.4 Å². The highest BCUT2D eigenvalue weighted by Gasteiger charge is 2.47. The second-order valence-corrected chi connectivity index (χ2v) is 6.90. The van der Waals surface area contributed by atoms with Gasteiger partial charge in [-0.05, 0) is 32.6 Å². The summed E-state index contributed by atoms with van der Waals surface area (Å²) < 4.78 is 39.1. The Hall–Kier alpha value is -0.620. The molecule has 0 bridgehead atoms. The van der Waals surface area contributed by atoms with E-state index < -0.39 is 24.1 Å². The molecule has 2 rings (SSSR count). The molecule has 2 nitrogen and oxygen atoms in total. The minimum absolute atomic E-state index is 0.140. The first-order valence-corrected chi connectivity index (χ1v) is 7.78. The van der Waals surface area contributed by atoms with E-state index >= 15 is 0 Å². The van der Waals surface area contributed by atoms with Gasteiger partial charge < -0.3 is 5.11 Å². The fourth-order valence-corrected chi connectivity index (χ4v) is 3.97. The largest absolute Gasteiger partial charge is 0.392 e. The van der Waals surface area contributed by atoms with E-state index in [-0.39, 0.29) is 12.8 Å². The van der Waals surface area contributed by atoms with Crippen molar-refractivity contribution >= 4 is 11.3 Å². The first-order valence-electron chi connectivity index (χ1n) is 6.96. The molecule has 1 N–H and O–H groups in total. The lowest BCUT2D eigenvalue weighted by atomic mass is 9.75. The Morgan fingerprint density at radius 1 is 1.30 bits per heavy atom. The van der Waals surface area contributed by atoms with Gasteiger partial charge in [-0.15, -0.1) is 11.3 Å². The Kier molecular flexibility index (Phi) is 4.74. The number of thiazole rings is 1. The minimum atomic E-state index is -4.21. The van der Waals surface area contributed by atoms with Crippen molar-refractivity contribution in [1.29, 1.82) is 0 Å². The summed E-state index contributed by atoms with van der Waals surface area (Å²) in [4.78, 5) is 5.37. The number of aryl methyl sites for hydroxylation is 2. The Labute approximate surface area is 121 Å². The van der Waals surface area contributed by atoms with Crippen molar-refractivity contribution in [1.82, 2.24) is 4.98 Å². The van der Waals surface area contributed by atoms with Gasteiger partial charge in [0.2, 0.25) is 0 Å². The summed E-state index contributed by atoms with van der Waals surface area (Å²) in [6, 6.07) is 0. The molecule has 1 fully saturated rings. The maximum absolute atomic E-state index is 13.0. The molecule has 20 heavy (non-hydrogen) atoms. The predicted octanol–water partition coefficient (Wildman–Crippen LogP) is 4.03. The van der Waals surface area contributed by atoms with Crippen LogP contribution in [-0.2, 0) is 6.42 Å². The van der Waals surface area contributed by atoms with E-state index in [2.05, 4.69) is 4.98 Å². The van der Waals surface area contributed by atoms with Crippen LogP contribution in [0.4, 0.5) is 13.2 Å². The maximum atomic E-state index is 13.0. The molecule has 0 saturated heterocycles. The second kappa shape index (κ2) is 6.02. The van der Waals surface area contributed by atoms with Crippen molar-refractivity contribution in [3.8, 4) is 0 Å². The molecule has 3 unspecified atom stereocenters. The third-order valence-corrected chi connectivity index (χ3v) is 5.29. The molecule has 0 aromatic carbocycles. The van der Waals surface area contributed by atoms with Gasteiger partial charge in [0.1, 0.15) is 0 Å². The number of nitrogens with zero attached hydrogens (tertiary/aromatic N) is 1. The third kappa shape index (κ3) is 3.52. The topological polar surface area (TPSA) is 33.1 Å². The third-order valence-electron chi connectivity index (χ3n) is 4.19. The number of aromatic nitrogens is 1. The van der Waals surface area contributed by atoms with E-state index in [0.717, 1.165) is 22.0 Å². The lowest BCUT2D eigenvalue weighted by molar-refractivity contribution is -0.206. The summed E-state index contributed by atoms with van der Waals surface area (Å²) in [5.41, 5.74) is 0.896. The molecule has 3 atom stereocenters. The average molecular weight is 307 g/mol. The van der Waals surface area contributed by atoms with Crippen LogP contribution in [0.3, 0.4) is 0 Å². The van der Waals surface area contributed by atoms with Crippen LogP contribution in [0.2, 0.25) is 0 Å². The zero-order chi connectivity index (χ0) is 14.9. The lowest BCUT2D eigenvalue weighted by Gasteiger charge is -2.35. The van der Waals surface area contributed by atoms with Crippen LogP contribution in [0.5, 0.6) is 0 Å². The number of hydrogen-bond donors (Lipinski definition) is 1. The fraction of sp³-hybridized carbons (Fsp3) is 0.786. The Morgan fingerprint density at radius 3 is 2.50 bits per heavy atom. The van der Waals surface area contributed by atoms with E-state index in [1.165, 1.54) is 11.3 Å². The van der Waals surface area contributed by atoms with Crippen molar-refractivity contribution in [2.45, 2.75) is 58.2 Å². The molecule has 1 aliphatic carbocycles. The summed E-state index contributed by atoms with van der Waals surface area (Å²) in [6.07, 6.45) is -2.97. The Bertz CT molecular complexity index is 438. The van der Waals surface area contributed by atoms with Crippen molar-refractivity contribution < 1.29 is 18.3 Å². The first-order chi connectivity index (χ1) is 9.29. The van der Waals surface area contributed by atoms with Gasteiger partial charge in [-0.2, -0.15) is 13.2 Å². The molecule has 1 aliphatic rings. The van der Waals surface area contributed by atoms with Crippen LogP contribution in [0, 0.1) is 25.7 Å². The van der Waals surface area contributed by atoms with Crippen LogP contribution >= 0.6 is 11.3 Å².